The monoisotopic (exact) mass is 317 g/mol. The zero-order valence-electron chi connectivity index (χ0n) is 13.5. The topological polar surface area (TPSA) is 62.1 Å². The van der Waals surface area contributed by atoms with Crippen molar-refractivity contribution >= 4 is 16.8 Å². The highest BCUT2D eigenvalue weighted by molar-refractivity contribution is 5.84. The number of nitrogens with two attached hydrogens (primary N) is 1. The van der Waals surface area contributed by atoms with Crippen molar-refractivity contribution in [1.82, 2.24) is 9.88 Å². The molecule has 0 bridgehead atoms. The minimum Gasteiger partial charge on any atom is -0.361 e. The van der Waals surface area contributed by atoms with Gasteiger partial charge in [0.25, 0.3) is 0 Å². The van der Waals surface area contributed by atoms with E-state index in [1.807, 2.05) is 24.1 Å². The number of benzene rings is 1. The van der Waals surface area contributed by atoms with E-state index < -0.39 is 0 Å². The molecule has 1 saturated heterocycles. The van der Waals surface area contributed by atoms with Crippen molar-refractivity contribution in [2.75, 3.05) is 13.1 Å². The zero-order chi connectivity index (χ0) is 16.4. The molecule has 4 nitrogen and oxygen atoms in total. The molecule has 1 aromatic heterocycles. The first-order valence-electron chi connectivity index (χ1n) is 8.41. The van der Waals surface area contributed by atoms with Gasteiger partial charge < -0.3 is 15.6 Å². The predicted octanol–water partition coefficient (Wildman–Crippen LogP) is 3.14. The van der Waals surface area contributed by atoms with Gasteiger partial charge in [-0.25, -0.2) is 4.39 Å². The molecule has 5 heteroatoms. The summed E-state index contributed by atoms with van der Waals surface area (Å²) in [5.74, 6) is 0.253. The smallest absolute Gasteiger partial charge is 0.239 e. The molecule has 1 atom stereocenters. The Morgan fingerprint density at radius 2 is 2.17 bits per heavy atom. The van der Waals surface area contributed by atoms with Crippen LogP contribution in [0.2, 0.25) is 0 Å². The summed E-state index contributed by atoms with van der Waals surface area (Å²) < 4.78 is 13.3. The highest BCUT2D eigenvalue weighted by atomic mass is 19.1. The lowest BCUT2D eigenvalue weighted by Crippen LogP contribution is -2.46. The molecule has 1 unspecified atom stereocenters. The largest absolute Gasteiger partial charge is 0.361 e. The van der Waals surface area contributed by atoms with Gasteiger partial charge in [0.2, 0.25) is 5.91 Å². The third kappa shape index (κ3) is 3.24. The molecule has 3 N–H and O–H groups in total. The molecular weight excluding hydrogens is 293 g/mol. The minimum absolute atomic E-state index is 0.0753. The second kappa shape index (κ2) is 6.71. The summed E-state index contributed by atoms with van der Waals surface area (Å²) in [5.41, 5.74) is 8.01. The van der Waals surface area contributed by atoms with Gasteiger partial charge in [0.05, 0.1) is 6.04 Å². The van der Waals surface area contributed by atoms with Crippen LogP contribution in [0, 0.1) is 5.82 Å². The number of H-pyrrole nitrogens is 1. The molecule has 1 aliphatic rings. The number of hydrogen-bond acceptors (Lipinski definition) is 2. The van der Waals surface area contributed by atoms with E-state index in [-0.39, 0.29) is 17.8 Å². The maximum Gasteiger partial charge on any atom is 0.239 e. The van der Waals surface area contributed by atoms with Crippen molar-refractivity contribution in [3.05, 3.63) is 35.8 Å². The number of halogens is 1. The lowest BCUT2D eigenvalue weighted by molar-refractivity contribution is -0.133. The Labute approximate surface area is 135 Å². The Balaban J connectivity index is 1.67. The Bertz CT molecular complexity index is 689. The van der Waals surface area contributed by atoms with E-state index in [0.29, 0.717) is 5.92 Å². The summed E-state index contributed by atoms with van der Waals surface area (Å²) in [6, 6.07) is 4.50. The number of nitrogens with one attached hydrogen (secondary N) is 1. The molecular formula is C18H24FN3O. The number of aromatic amines is 1. The van der Waals surface area contributed by atoms with Crippen molar-refractivity contribution in [2.45, 2.75) is 44.6 Å². The fraction of sp³-hybridized carbons (Fsp3) is 0.500. The van der Waals surface area contributed by atoms with E-state index in [1.165, 1.54) is 17.7 Å². The SMILES string of the molecule is CCCC(N)C(=O)N1CCC(c2c[nH]c3cc(F)ccc23)CC1. The fourth-order valence-electron chi connectivity index (χ4n) is 3.54. The second-order valence-electron chi connectivity index (χ2n) is 6.43. The van der Waals surface area contributed by atoms with E-state index in [4.69, 9.17) is 5.73 Å². The maximum absolute atomic E-state index is 13.3. The van der Waals surface area contributed by atoms with Crippen LogP contribution in [-0.4, -0.2) is 34.9 Å². The van der Waals surface area contributed by atoms with Crippen LogP contribution in [0.4, 0.5) is 4.39 Å². The quantitative estimate of drug-likeness (QED) is 0.910. The zero-order valence-corrected chi connectivity index (χ0v) is 13.5. The van der Waals surface area contributed by atoms with E-state index in [1.54, 1.807) is 0 Å². The molecule has 0 spiro atoms. The highest BCUT2D eigenvalue weighted by Gasteiger charge is 2.27. The van der Waals surface area contributed by atoms with Crippen LogP contribution in [0.25, 0.3) is 10.9 Å². The van der Waals surface area contributed by atoms with Crippen molar-refractivity contribution in [1.29, 1.82) is 0 Å². The van der Waals surface area contributed by atoms with Crippen molar-refractivity contribution in [2.24, 2.45) is 5.73 Å². The normalized spacial score (nSPS) is 17.6. The lowest BCUT2D eigenvalue weighted by atomic mass is 9.89. The summed E-state index contributed by atoms with van der Waals surface area (Å²) >= 11 is 0. The van der Waals surface area contributed by atoms with E-state index in [2.05, 4.69) is 4.98 Å². The van der Waals surface area contributed by atoms with Gasteiger partial charge in [0.1, 0.15) is 5.82 Å². The van der Waals surface area contributed by atoms with Gasteiger partial charge in [-0.05, 0) is 48.9 Å². The van der Waals surface area contributed by atoms with Gasteiger partial charge in [-0.2, -0.15) is 0 Å². The molecule has 0 saturated carbocycles. The summed E-state index contributed by atoms with van der Waals surface area (Å²) in [7, 11) is 0. The third-order valence-electron chi connectivity index (χ3n) is 4.84. The molecule has 23 heavy (non-hydrogen) atoms. The van der Waals surface area contributed by atoms with Crippen LogP contribution in [0.15, 0.2) is 24.4 Å². The Morgan fingerprint density at radius 1 is 1.43 bits per heavy atom. The van der Waals surface area contributed by atoms with Gasteiger partial charge in [-0.1, -0.05) is 13.3 Å². The average Bonchev–Trinajstić information content (AvgIpc) is 2.97. The summed E-state index contributed by atoms with van der Waals surface area (Å²) in [6.07, 6.45) is 5.50. The van der Waals surface area contributed by atoms with Crippen LogP contribution < -0.4 is 5.73 Å². The summed E-state index contributed by atoms with van der Waals surface area (Å²) in [5, 5.41) is 1.08. The van der Waals surface area contributed by atoms with Crippen molar-refractivity contribution < 1.29 is 9.18 Å². The molecule has 2 heterocycles. The highest BCUT2D eigenvalue weighted by Crippen LogP contribution is 2.33. The van der Waals surface area contributed by atoms with Crippen LogP contribution >= 0.6 is 0 Å². The molecule has 0 radical (unpaired) electrons. The maximum atomic E-state index is 13.3. The Morgan fingerprint density at radius 3 is 2.87 bits per heavy atom. The standard InChI is InChI=1S/C18H24FN3O/c1-2-3-16(20)18(23)22-8-6-12(7-9-22)15-11-21-17-10-13(19)4-5-14(15)17/h4-5,10-12,16,21H,2-3,6-9,20H2,1H3. The van der Waals surface area contributed by atoms with Crippen LogP contribution in [0.3, 0.4) is 0 Å². The molecule has 1 fully saturated rings. The van der Waals surface area contributed by atoms with Gasteiger partial charge in [0, 0.05) is 30.2 Å². The van der Waals surface area contributed by atoms with Crippen molar-refractivity contribution in [3.8, 4) is 0 Å². The first-order chi connectivity index (χ1) is 11.1. The van der Waals surface area contributed by atoms with Gasteiger partial charge in [-0.15, -0.1) is 0 Å². The first-order valence-corrected chi connectivity index (χ1v) is 8.41. The number of likely N-dealkylation sites (tertiary alicyclic amines) is 1. The molecule has 1 aliphatic heterocycles. The van der Waals surface area contributed by atoms with Crippen LogP contribution in [0.5, 0.6) is 0 Å². The van der Waals surface area contributed by atoms with E-state index in [0.717, 1.165) is 49.7 Å². The fourth-order valence-corrected chi connectivity index (χ4v) is 3.54. The van der Waals surface area contributed by atoms with Gasteiger partial charge in [-0.3, -0.25) is 4.79 Å². The van der Waals surface area contributed by atoms with Crippen LogP contribution in [0.1, 0.15) is 44.1 Å². The Hall–Kier alpha value is -1.88. The number of aromatic nitrogens is 1. The molecule has 3 rings (SSSR count). The predicted molar refractivity (Wildman–Crippen MR) is 89.7 cm³/mol. The number of hydrogen-bond donors (Lipinski definition) is 2. The van der Waals surface area contributed by atoms with Gasteiger partial charge in [0.15, 0.2) is 0 Å². The first kappa shape index (κ1) is 16.0. The second-order valence-corrected chi connectivity index (χ2v) is 6.43. The number of piperidine rings is 1. The molecule has 0 aliphatic carbocycles. The third-order valence-corrected chi connectivity index (χ3v) is 4.84. The van der Waals surface area contributed by atoms with Crippen molar-refractivity contribution in [3.63, 3.8) is 0 Å². The lowest BCUT2D eigenvalue weighted by Gasteiger charge is -2.33. The number of rotatable bonds is 4. The molecule has 2 aromatic rings. The van der Waals surface area contributed by atoms with E-state index >= 15 is 0 Å². The number of amides is 1. The molecule has 124 valence electrons. The average molecular weight is 317 g/mol. The number of carbonyl (C=O) groups excluding carboxylic acids is 1. The molecule has 1 aromatic carbocycles. The summed E-state index contributed by atoms with van der Waals surface area (Å²) in [4.78, 5) is 17.3. The minimum atomic E-state index is -0.368. The number of nitrogens with zero attached hydrogens (tertiary/aromatic N) is 1. The Kier molecular flexibility index (Phi) is 4.66. The number of carbonyl (C=O) groups is 1. The van der Waals surface area contributed by atoms with Crippen LogP contribution in [-0.2, 0) is 4.79 Å². The summed E-state index contributed by atoms with van der Waals surface area (Å²) in [6.45, 7) is 3.53. The number of fused-ring (bicyclic) bond motifs is 1. The van der Waals surface area contributed by atoms with E-state index in [9.17, 15) is 9.18 Å². The molecule has 1 amide bonds. The van der Waals surface area contributed by atoms with Gasteiger partial charge >= 0.3 is 0 Å².